The fourth-order valence-corrected chi connectivity index (χ4v) is 6.16. The summed E-state index contributed by atoms with van der Waals surface area (Å²) in [5.41, 5.74) is 9.13. The molecule has 0 saturated carbocycles. The van der Waals surface area contributed by atoms with Gasteiger partial charge in [0.15, 0.2) is 0 Å². The molecule has 5 N–H and O–H groups in total. The number of carboxylic acid groups (broad SMARTS) is 2. The maximum atomic E-state index is 12.6. The van der Waals surface area contributed by atoms with Gasteiger partial charge < -0.3 is 40.4 Å². The van der Waals surface area contributed by atoms with Gasteiger partial charge in [0, 0.05) is 30.7 Å². The van der Waals surface area contributed by atoms with Crippen molar-refractivity contribution in [3.8, 4) is 11.4 Å². The maximum Gasteiger partial charge on any atom is 0.573 e. The summed E-state index contributed by atoms with van der Waals surface area (Å²) in [5.74, 6) is -0.791. The van der Waals surface area contributed by atoms with Crippen molar-refractivity contribution in [1.29, 1.82) is 0 Å². The van der Waals surface area contributed by atoms with E-state index in [1.54, 1.807) is 24.3 Å². The Morgan fingerprint density at radius 1 is 0.870 bits per heavy atom. The van der Waals surface area contributed by atoms with E-state index in [2.05, 4.69) is 15.2 Å². The van der Waals surface area contributed by atoms with E-state index in [1.807, 2.05) is 45.0 Å². The molecule has 14 nitrogen and oxygen atoms in total. The number of carbonyl (C=O) groups is 3. The zero-order chi connectivity index (χ0) is 39.2. The number of amides is 3. The van der Waals surface area contributed by atoms with Gasteiger partial charge in [0.25, 0.3) is 5.91 Å². The topological polar surface area (TPSA) is 182 Å². The lowest BCUT2D eigenvalue weighted by molar-refractivity contribution is -0.274. The molecule has 0 spiro atoms. The number of morpholine rings is 2. The second-order valence-electron chi connectivity index (χ2n) is 13.6. The van der Waals surface area contributed by atoms with Crippen molar-refractivity contribution in [2.24, 2.45) is 5.41 Å². The van der Waals surface area contributed by atoms with Gasteiger partial charge >= 0.3 is 18.5 Å². The monoisotopic (exact) mass is 754 g/mol. The molecule has 3 heterocycles. The van der Waals surface area contributed by atoms with Crippen LogP contribution in [0, 0.1) is 5.41 Å². The Morgan fingerprint density at radius 3 is 2.09 bits per heavy atom. The smallest absolute Gasteiger partial charge is 0.465 e. The number of rotatable bonds is 6. The number of nitrogens with zero attached hydrogens (tertiary/aromatic N) is 4. The van der Waals surface area contributed by atoms with Crippen LogP contribution in [0.1, 0.15) is 54.5 Å². The SMILES string of the molecule is CC(C)(C)[C@H]1C(c2ccc(N)cc2)OCCN1C(=O)O.O=C(Nc1ccc(C2CN(C(=O)O)CCO2)cc1)c1cnn(-c2ccc(OC(F)(F)F)cc2)c1. The first-order valence-corrected chi connectivity index (χ1v) is 16.9. The Hall–Kier alpha value is -5.81. The van der Waals surface area contributed by atoms with Crippen molar-refractivity contribution >= 4 is 29.5 Å². The number of anilines is 2. The summed E-state index contributed by atoms with van der Waals surface area (Å²) in [4.78, 5) is 38.0. The highest BCUT2D eigenvalue weighted by molar-refractivity contribution is 6.04. The van der Waals surface area contributed by atoms with Crippen LogP contribution in [-0.2, 0) is 9.47 Å². The van der Waals surface area contributed by atoms with Crippen LogP contribution in [0.25, 0.3) is 5.69 Å². The molecule has 54 heavy (non-hydrogen) atoms. The van der Waals surface area contributed by atoms with Crippen LogP contribution in [0.3, 0.4) is 0 Å². The number of nitrogens with two attached hydrogens (primary N) is 1. The van der Waals surface area contributed by atoms with E-state index in [0.717, 1.165) is 23.3 Å². The number of carbonyl (C=O) groups excluding carboxylic acids is 1. The Balaban J connectivity index is 0.000000239. The quantitative estimate of drug-likeness (QED) is 0.153. The normalized spacial score (nSPS) is 19.0. The molecule has 6 rings (SSSR count). The molecule has 2 aliphatic rings. The van der Waals surface area contributed by atoms with Gasteiger partial charge in [0.1, 0.15) is 18.0 Å². The number of halogens is 3. The molecule has 17 heteroatoms. The van der Waals surface area contributed by atoms with E-state index in [-0.39, 0.29) is 41.5 Å². The number of benzene rings is 3. The minimum atomic E-state index is -4.78. The van der Waals surface area contributed by atoms with E-state index < -0.39 is 24.5 Å². The first-order valence-electron chi connectivity index (χ1n) is 16.9. The minimum absolute atomic E-state index is 0.217. The molecule has 3 amide bonds. The molecular formula is C37H41F3N6O8. The lowest BCUT2D eigenvalue weighted by atomic mass is 9.79. The van der Waals surface area contributed by atoms with Crippen molar-refractivity contribution in [2.45, 2.75) is 45.4 Å². The Morgan fingerprint density at radius 2 is 1.50 bits per heavy atom. The maximum absolute atomic E-state index is 12.6. The van der Waals surface area contributed by atoms with E-state index in [1.165, 1.54) is 39.0 Å². The fourth-order valence-electron chi connectivity index (χ4n) is 6.16. The van der Waals surface area contributed by atoms with Gasteiger partial charge in [-0.05, 0) is 65.1 Å². The van der Waals surface area contributed by atoms with Gasteiger partial charge in [0.2, 0.25) is 0 Å². The van der Waals surface area contributed by atoms with Crippen LogP contribution in [-0.4, -0.2) is 93.1 Å². The molecule has 0 aliphatic carbocycles. The number of nitrogens with one attached hydrogen (secondary N) is 1. The molecule has 4 aromatic rings. The highest BCUT2D eigenvalue weighted by Crippen LogP contribution is 2.39. The molecule has 3 atom stereocenters. The van der Waals surface area contributed by atoms with Gasteiger partial charge in [-0.3, -0.25) is 9.69 Å². The van der Waals surface area contributed by atoms with E-state index >= 15 is 0 Å². The van der Waals surface area contributed by atoms with Crippen molar-refractivity contribution in [3.63, 3.8) is 0 Å². The third kappa shape index (κ3) is 10.2. The number of nitrogen functional groups attached to an aromatic ring is 1. The first kappa shape index (κ1) is 39.4. The van der Waals surface area contributed by atoms with Crippen LogP contribution < -0.4 is 15.8 Å². The second kappa shape index (κ2) is 16.5. The highest BCUT2D eigenvalue weighted by Gasteiger charge is 2.43. The Kier molecular flexibility index (Phi) is 12.0. The van der Waals surface area contributed by atoms with Crippen molar-refractivity contribution < 1.29 is 52.0 Å². The molecule has 2 fully saturated rings. The molecule has 1 aromatic heterocycles. The fraction of sp³-hybridized carbons (Fsp3) is 0.351. The minimum Gasteiger partial charge on any atom is -0.465 e. The van der Waals surface area contributed by atoms with Gasteiger partial charge in [-0.15, -0.1) is 13.2 Å². The third-order valence-corrected chi connectivity index (χ3v) is 8.71. The van der Waals surface area contributed by atoms with Crippen molar-refractivity contribution in [2.75, 3.05) is 43.9 Å². The molecule has 0 bridgehead atoms. The lowest BCUT2D eigenvalue weighted by Gasteiger charge is -2.46. The van der Waals surface area contributed by atoms with Gasteiger partial charge in [-0.1, -0.05) is 45.0 Å². The summed E-state index contributed by atoms with van der Waals surface area (Å²) in [6.07, 6.45) is -4.54. The Bertz CT molecular complexity index is 1900. The number of aromatic nitrogens is 2. The molecule has 2 saturated heterocycles. The number of hydrogen-bond donors (Lipinski definition) is 4. The molecule has 288 valence electrons. The average Bonchev–Trinajstić information content (AvgIpc) is 3.62. The van der Waals surface area contributed by atoms with Gasteiger partial charge in [-0.2, -0.15) is 5.10 Å². The summed E-state index contributed by atoms with van der Waals surface area (Å²) < 4.78 is 53.6. The number of alkyl halides is 3. The number of ether oxygens (including phenoxy) is 3. The largest absolute Gasteiger partial charge is 0.573 e. The van der Waals surface area contributed by atoms with Crippen LogP contribution in [0.15, 0.2) is 85.2 Å². The molecule has 2 unspecified atom stereocenters. The van der Waals surface area contributed by atoms with Crippen molar-refractivity contribution in [1.82, 2.24) is 19.6 Å². The Labute approximate surface area is 308 Å². The van der Waals surface area contributed by atoms with Crippen LogP contribution in [0.2, 0.25) is 0 Å². The average molecular weight is 755 g/mol. The van der Waals surface area contributed by atoms with Crippen LogP contribution in [0.4, 0.5) is 34.1 Å². The zero-order valence-corrected chi connectivity index (χ0v) is 29.7. The van der Waals surface area contributed by atoms with Crippen LogP contribution >= 0.6 is 0 Å². The first-order chi connectivity index (χ1) is 25.5. The third-order valence-electron chi connectivity index (χ3n) is 8.71. The van der Waals surface area contributed by atoms with Gasteiger partial charge in [-0.25, -0.2) is 14.3 Å². The summed E-state index contributed by atoms with van der Waals surface area (Å²) in [5, 5.41) is 25.4. The number of hydrogen-bond acceptors (Lipinski definition) is 8. The summed E-state index contributed by atoms with van der Waals surface area (Å²) in [6, 6.07) is 19.1. The summed E-state index contributed by atoms with van der Waals surface area (Å²) in [7, 11) is 0. The molecule has 0 radical (unpaired) electrons. The van der Waals surface area contributed by atoms with Gasteiger partial charge in [0.05, 0.1) is 43.2 Å². The van der Waals surface area contributed by atoms with E-state index in [0.29, 0.717) is 43.4 Å². The predicted octanol–water partition coefficient (Wildman–Crippen LogP) is 6.81. The second-order valence-corrected chi connectivity index (χ2v) is 13.6. The molecular weight excluding hydrogens is 713 g/mol. The van der Waals surface area contributed by atoms with Crippen LogP contribution in [0.5, 0.6) is 5.75 Å². The highest BCUT2D eigenvalue weighted by atomic mass is 19.4. The molecule has 3 aromatic carbocycles. The lowest BCUT2D eigenvalue weighted by Crippen LogP contribution is -2.55. The zero-order valence-electron chi connectivity index (χ0n) is 29.7. The van der Waals surface area contributed by atoms with E-state index in [4.69, 9.17) is 20.3 Å². The standard InChI is InChI=1S/C22H19F3N4O5.C15H22N2O3/c23-22(24,25)34-18-7-5-17(6-8-18)29-12-15(11-26-29)20(30)27-16-3-1-14(2-4-16)19-13-28(21(31)32)9-10-33-19;1-15(2,3)13-12(10-4-6-11(16)7-5-10)20-9-8-17(13)14(18)19/h1-8,11-12,19H,9-10,13H2,(H,27,30)(H,31,32);4-7,12-13H,8-9,16H2,1-3H3,(H,18,19)/t;12?,13-/m.1/s1. The van der Waals surface area contributed by atoms with E-state index in [9.17, 15) is 32.7 Å². The molecule has 2 aliphatic heterocycles. The summed E-state index contributed by atoms with van der Waals surface area (Å²) >= 11 is 0. The predicted molar refractivity (Wildman–Crippen MR) is 190 cm³/mol. The summed E-state index contributed by atoms with van der Waals surface area (Å²) in [6.45, 7) is 7.77. The van der Waals surface area contributed by atoms with Crippen molar-refractivity contribution in [3.05, 3.63) is 102 Å².